The van der Waals surface area contributed by atoms with Crippen molar-refractivity contribution in [2.24, 2.45) is 0 Å². The number of hydrogen-bond donors (Lipinski definition) is 2. The zero-order valence-electron chi connectivity index (χ0n) is 7.84. The van der Waals surface area contributed by atoms with Crippen molar-refractivity contribution in [1.82, 2.24) is 4.98 Å². The minimum absolute atomic E-state index is 0.380. The Bertz CT molecular complexity index is 268. The Morgan fingerprint density at radius 1 is 1.62 bits per heavy atom. The molecule has 3 nitrogen and oxygen atoms in total. The average Bonchev–Trinajstić information content (AvgIpc) is 2.02. The van der Waals surface area contributed by atoms with Crippen LogP contribution in [0.3, 0.4) is 0 Å². The smallest absolute Gasteiger partial charge is 0.133 e. The van der Waals surface area contributed by atoms with E-state index in [0.29, 0.717) is 16.9 Å². The van der Waals surface area contributed by atoms with E-state index in [4.69, 9.17) is 17.3 Å². The Hall–Kier alpha value is -0.960. The number of anilines is 2. The largest absolute Gasteiger partial charge is 0.399 e. The molecule has 0 fully saturated rings. The molecule has 0 aliphatic rings. The van der Waals surface area contributed by atoms with Crippen LogP contribution in [0.5, 0.6) is 0 Å². The molecule has 0 aliphatic heterocycles. The lowest BCUT2D eigenvalue weighted by atomic mass is 10.2. The number of nitrogens with zero attached hydrogens (tertiary/aromatic N) is 1. The molecule has 0 aromatic carbocycles. The standard InChI is InChI=1S/C9H14ClN3/c1-3-6(2)12-9-5-7(11)4-8(10)13-9/h4-6H,3H2,1-2H3,(H3,11,12,13). The lowest BCUT2D eigenvalue weighted by Crippen LogP contribution is -2.14. The summed E-state index contributed by atoms with van der Waals surface area (Å²) in [5.74, 6) is 0.736. The van der Waals surface area contributed by atoms with Crippen molar-refractivity contribution in [1.29, 1.82) is 0 Å². The van der Waals surface area contributed by atoms with Crippen LogP contribution in [-0.4, -0.2) is 11.0 Å². The van der Waals surface area contributed by atoms with Crippen LogP contribution in [0.4, 0.5) is 11.5 Å². The van der Waals surface area contributed by atoms with E-state index in [-0.39, 0.29) is 0 Å². The fourth-order valence-corrected chi connectivity index (χ4v) is 1.16. The van der Waals surface area contributed by atoms with E-state index in [9.17, 15) is 0 Å². The second-order valence-electron chi connectivity index (χ2n) is 3.06. The molecule has 1 atom stereocenters. The van der Waals surface area contributed by atoms with Gasteiger partial charge in [0.2, 0.25) is 0 Å². The van der Waals surface area contributed by atoms with Gasteiger partial charge in [0.05, 0.1) is 0 Å². The SMILES string of the molecule is CCC(C)Nc1cc(N)cc(Cl)n1. The van der Waals surface area contributed by atoms with Crippen molar-refractivity contribution in [2.75, 3.05) is 11.1 Å². The first-order valence-electron chi connectivity index (χ1n) is 4.31. The van der Waals surface area contributed by atoms with Crippen LogP contribution < -0.4 is 11.1 Å². The van der Waals surface area contributed by atoms with Crippen molar-refractivity contribution in [2.45, 2.75) is 26.3 Å². The second-order valence-corrected chi connectivity index (χ2v) is 3.45. The van der Waals surface area contributed by atoms with Crippen LogP contribution in [0.25, 0.3) is 0 Å². The fourth-order valence-electron chi connectivity index (χ4n) is 0.945. The highest BCUT2D eigenvalue weighted by atomic mass is 35.5. The minimum atomic E-state index is 0.380. The van der Waals surface area contributed by atoms with E-state index in [0.717, 1.165) is 12.2 Å². The summed E-state index contributed by atoms with van der Waals surface area (Å²) in [5.41, 5.74) is 6.24. The molecular weight excluding hydrogens is 186 g/mol. The molecule has 0 amide bonds. The van der Waals surface area contributed by atoms with Gasteiger partial charge in [0.1, 0.15) is 11.0 Å². The predicted octanol–water partition coefficient (Wildman–Crippen LogP) is 2.53. The summed E-state index contributed by atoms with van der Waals surface area (Å²) in [6, 6.07) is 3.78. The molecule has 1 unspecified atom stereocenters. The maximum Gasteiger partial charge on any atom is 0.133 e. The van der Waals surface area contributed by atoms with Crippen LogP contribution in [0.1, 0.15) is 20.3 Å². The van der Waals surface area contributed by atoms with Gasteiger partial charge in [-0.2, -0.15) is 0 Å². The van der Waals surface area contributed by atoms with Gasteiger partial charge in [-0.3, -0.25) is 0 Å². The summed E-state index contributed by atoms with van der Waals surface area (Å²) < 4.78 is 0. The quantitative estimate of drug-likeness (QED) is 0.736. The van der Waals surface area contributed by atoms with Gasteiger partial charge in [0, 0.05) is 17.8 Å². The van der Waals surface area contributed by atoms with E-state index in [1.807, 2.05) is 0 Å². The number of nitrogens with two attached hydrogens (primary N) is 1. The molecule has 1 aromatic rings. The summed E-state index contributed by atoms with van der Waals surface area (Å²) in [6.45, 7) is 4.18. The molecule has 1 heterocycles. The van der Waals surface area contributed by atoms with Gasteiger partial charge in [-0.05, 0) is 19.4 Å². The topological polar surface area (TPSA) is 50.9 Å². The van der Waals surface area contributed by atoms with Crippen molar-refractivity contribution in [3.63, 3.8) is 0 Å². The van der Waals surface area contributed by atoms with Gasteiger partial charge in [-0.25, -0.2) is 4.98 Å². The third-order valence-corrected chi connectivity index (χ3v) is 2.02. The maximum absolute atomic E-state index is 5.75. The van der Waals surface area contributed by atoms with Gasteiger partial charge < -0.3 is 11.1 Å². The number of pyridine rings is 1. The Morgan fingerprint density at radius 3 is 2.85 bits per heavy atom. The molecule has 0 radical (unpaired) electrons. The highest BCUT2D eigenvalue weighted by Crippen LogP contribution is 2.16. The monoisotopic (exact) mass is 199 g/mol. The van der Waals surface area contributed by atoms with Gasteiger partial charge in [0.25, 0.3) is 0 Å². The molecule has 72 valence electrons. The number of nitrogen functional groups attached to an aromatic ring is 1. The number of hydrogen-bond acceptors (Lipinski definition) is 3. The van der Waals surface area contributed by atoms with E-state index in [1.165, 1.54) is 0 Å². The molecule has 1 rings (SSSR count). The summed E-state index contributed by atoms with van der Waals surface area (Å²) in [4.78, 5) is 4.10. The second kappa shape index (κ2) is 4.33. The Labute approximate surface area is 83.3 Å². The fraction of sp³-hybridized carbons (Fsp3) is 0.444. The summed E-state index contributed by atoms with van der Waals surface area (Å²) in [5, 5.41) is 3.62. The highest BCUT2D eigenvalue weighted by Gasteiger charge is 2.01. The van der Waals surface area contributed by atoms with Crippen molar-refractivity contribution in [3.05, 3.63) is 17.3 Å². The van der Waals surface area contributed by atoms with Gasteiger partial charge in [-0.1, -0.05) is 18.5 Å². The number of nitrogens with one attached hydrogen (secondary N) is 1. The van der Waals surface area contributed by atoms with Crippen molar-refractivity contribution < 1.29 is 0 Å². The van der Waals surface area contributed by atoms with Gasteiger partial charge >= 0.3 is 0 Å². The molecular formula is C9H14ClN3. The van der Waals surface area contributed by atoms with Crippen LogP contribution in [0.15, 0.2) is 12.1 Å². The van der Waals surface area contributed by atoms with E-state index in [1.54, 1.807) is 12.1 Å². The number of rotatable bonds is 3. The third kappa shape index (κ3) is 3.11. The van der Waals surface area contributed by atoms with E-state index in [2.05, 4.69) is 24.1 Å². The predicted molar refractivity (Wildman–Crippen MR) is 57.0 cm³/mol. The molecule has 0 saturated heterocycles. The van der Waals surface area contributed by atoms with Gasteiger partial charge in [0.15, 0.2) is 0 Å². The van der Waals surface area contributed by atoms with Crippen LogP contribution >= 0.6 is 11.6 Å². The van der Waals surface area contributed by atoms with E-state index >= 15 is 0 Å². The first-order chi connectivity index (χ1) is 6.11. The molecule has 0 spiro atoms. The zero-order valence-corrected chi connectivity index (χ0v) is 8.60. The summed E-state index contributed by atoms with van der Waals surface area (Å²) in [7, 11) is 0. The minimum Gasteiger partial charge on any atom is -0.399 e. The first-order valence-corrected chi connectivity index (χ1v) is 4.69. The van der Waals surface area contributed by atoms with Crippen LogP contribution in [0.2, 0.25) is 5.15 Å². The van der Waals surface area contributed by atoms with Crippen LogP contribution in [0, 0.1) is 0 Å². The third-order valence-electron chi connectivity index (χ3n) is 1.82. The molecule has 3 N–H and O–H groups in total. The molecule has 4 heteroatoms. The molecule has 0 bridgehead atoms. The Kier molecular flexibility index (Phi) is 3.37. The van der Waals surface area contributed by atoms with Crippen molar-refractivity contribution in [3.8, 4) is 0 Å². The average molecular weight is 200 g/mol. The van der Waals surface area contributed by atoms with Crippen LogP contribution in [-0.2, 0) is 0 Å². The lowest BCUT2D eigenvalue weighted by molar-refractivity contribution is 0.759. The number of halogens is 1. The summed E-state index contributed by atoms with van der Waals surface area (Å²) in [6.07, 6.45) is 1.04. The molecule has 0 aliphatic carbocycles. The van der Waals surface area contributed by atoms with Crippen molar-refractivity contribution >= 4 is 23.1 Å². The zero-order chi connectivity index (χ0) is 9.84. The Morgan fingerprint density at radius 2 is 2.31 bits per heavy atom. The molecule has 13 heavy (non-hydrogen) atoms. The molecule has 0 saturated carbocycles. The molecule has 1 aromatic heterocycles. The summed E-state index contributed by atoms with van der Waals surface area (Å²) >= 11 is 5.75. The maximum atomic E-state index is 5.75. The first kappa shape index (κ1) is 10.1. The Balaban J connectivity index is 2.77. The normalized spacial score (nSPS) is 12.5. The highest BCUT2D eigenvalue weighted by molar-refractivity contribution is 6.29. The number of aromatic nitrogens is 1. The van der Waals surface area contributed by atoms with Gasteiger partial charge in [-0.15, -0.1) is 0 Å². The lowest BCUT2D eigenvalue weighted by Gasteiger charge is -2.12. The van der Waals surface area contributed by atoms with E-state index < -0.39 is 0 Å².